The monoisotopic (exact) mass is 337 g/mol. The Morgan fingerprint density at radius 2 is 2.04 bits per heavy atom. The van der Waals surface area contributed by atoms with Crippen molar-refractivity contribution < 1.29 is 14.3 Å². The quantitative estimate of drug-likeness (QED) is 0.809. The predicted molar refractivity (Wildman–Crippen MR) is 90.1 cm³/mol. The zero-order valence-electron chi connectivity index (χ0n) is 12.8. The summed E-state index contributed by atoms with van der Waals surface area (Å²) in [6, 6.07) is 10.9. The Kier molecular flexibility index (Phi) is 7.87. The molecule has 0 aliphatic heterocycles. The maximum Gasteiger partial charge on any atom is 0.224 e. The van der Waals surface area contributed by atoms with Crippen LogP contribution >= 0.6 is 12.4 Å². The van der Waals surface area contributed by atoms with Gasteiger partial charge < -0.3 is 20.5 Å². The molecule has 0 radical (unpaired) electrons. The summed E-state index contributed by atoms with van der Waals surface area (Å²) in [6.07, 6.45) is 1.94. The zero-order chi connectivity index (χ0) is 15.8. The molecule has 0 saturated heterocycles. The Balaban J connectivity index is 0.00000264. The van der Waals surface area contributed by atoms with E-state index in [1.54, 1.807) is 25.4 Å². The number of halogens is 1. The molecule has 2 aromatic rings. The normalized spacial score (nSPS) is 9.65. The van der Waals surface area contributed by atoms with Gasteiger partial charge in [0, 0.05) is 37.3 Å². The molecule has 7 heteroatoms. The summed E-state index contributed by atoms with van der Waals surface area (Å²) in [6.45, 7) is 0.665. The van der Waals surface area contributed by atoms with Crippen LogP contribution in [0.4, 0.5) is 0 Å². The average molecular weight is 338 g/mol. The fourth-order valence-corrected chi connectivity index (χ4v) is 1.84. The van der Waals surface area contributed by atoms with Crippen molar-refractivity contribution in [2.75, 3.05) is 13.7 Å². The number of nitrogens with two attached hydrogens (primary N) is 1. The van der Waals surface area contributed by atoms with Crippen LogP contribution in [-0.4, -0.2) is 24.5 Å². The number of aromatic nitrogens is 1. The molecule has 0 saturated carbocycles. The first-order valence-corrected chi connectivity index (χ1v) is 6.95. The second kappa shape index (κ2) is 9.66. The number of pyridine rings is 1. The number of carbonyl (C=O) groups is 1. The van der Waals surface area contributed by atoms with Crippen LogP contribution in [0, 0.1) is 0 Å². The van der Waals surface area contributed by atoms with Crippen molar-refractivity contribution >= 4 is 18.3 Å². The summed E-state index contributed by atoms with van der Waals surface area (Å²) < 4.78 is 10.9. The van der Waals surface area contributed by atoms with Crippen molar-refractivity contribution in [2.45, 2.75) is 13.0 Å². The minimum Gasteiger partial charge on any atom is -0.497 e. The highest BCUT2D eigenvalue weighted by atomic mass is 35.5. The van der Waals surface area contributed by atoms with E-state index >= 15 is 0 Å². The third-order valence-corrected chi connectivity index (χ3v) is 2.95. The summed E-state index contributed by atoms with van der Waals surface area (Å²) >= 11 is 0. The highest BCUT2D eigenvalue weighted by Gasteiger charge is 2.08. The second-order valence-electron chi connectivity index (χ2n) is 4.56. The van der Waals surface area contributed by atoms with Crippen molar-refractivity contribution in [3.05, 3.63) is 48.2 Å². The van der Waals surface area contributed by atoms with Gasteiger partial charge in [-0.3, -0.25) is 4.79 Å². The van der Waals surface area contributed by atoms with Gasteiger partial charge in [-0.1, -0.05) is 12.1 Å². The summed E-state index contributed by atoms with van der Waals surface area (Å²) in [5, 5.41) is 2.78. The molecule has 0 atom stereocenters. The van der Waals surface area contributed by atoms with Crippen molar-refractivity contribution in [3.8, 4) is 17.4 Å². The number of methoxy groups -OCH3 is 1. The standard InChI is InChI=1S/C16H19N3O3.ClH/c1-21-13-5-2-6-14(10-13)22-16-12(4-3-9-18-16)11-19-15(20)7-8-17;/h2-6,9-10H,7-8,11,17H2,1H3,(H,19,20);1H. The Labute approximate surface area is 141 Å². The van der Waals surface area contributed by atoms with Gasteiger partial charge in [0.15, 0.2) is 0 Å². The molecule has 0 bridgehead atoms. The highest BCUT2D eigenvalue weighted by molar-refractivity contribution is 5.85. The van der Waals surface area contributed by atoms with Crippen LogP contribution in [0.15, 0.2) is 42.6 Å². The maximum atomic E-state index is 11.5. The molecule has 1 amide bonds. The van der Waals surface area contributed by atoms with Crippen molar-refractivity contribution in [1.82, 2.24) is 10.3 Å². The summed E-state index contributed by atoms with van der Waals surface area (Å²) in [5.41, 5.74) is 6.14. The molecule has 124 valence electrons. The SMILES string of the molecule is COc1cccc(Oc2ncccc2CNC(=O)CCN)c1.Cl. The number of nitrogens with zero attached hydrogens (tertiary/aromatic N) is 1. The second-order valence-corrected chi connectivity index (χ2v) is 4.56. The fourth-order valence-electron chi connectivity index (χ4n) is 1.84. The molecular formula is C16H20ClN3O3. The van der Waals surface area contributed by atoms with Crippen LogP contribution in [0.2, 0.25) is 0 Å². The molecule has 2 rings (SSSR count). The van der Waals surface area contributed by atoms with Gasteiger partial charge in [0.2, 0.25) is 11.8 Å². The van der Waals surface area contributed by atoms with E-state index < -0.39 is 0 Å². The van der Waals surface area contributed by atoms with Crippen LogP contribution in [0.5, 0.6) is 17.4 Å². The van der Waals surface area contributed by atoms with Gasteiger partial charge in [0.25, 0.3) is 0 Å². The fraction of sp³-hybridized carbons (Fsp3) is 0.250. The van der Waals surface area contributed by atoms with Gasteiger partial charge >= 0.3 is 0 Å². The number of hydrogen-bond donors (Lipinski definition) is 2. The summed E-state index contributed by atoms with van der Waals surface area (Å²) in [5.74, 6) is 1.67. The molecule has 0 aliphatic rings. The molecule has 23 heavy (non-hydrogen) atoms. The lowest BCUT2D eigenvalue weighted by atomic mass is 10.2. The van der Waals surface area contributed by atoms with Crippen molar-refractivity contribution in [2.24, 2.45) is 5.73 Å². The Bertz CT molecular complexity index is 637. The number of ether oxygens (including phenoxy) is 2. The highest BCUT2D eigenvalue weighted by Crippen LogP contribution is 2.25. The van der Waals surface area contributed by atoms with Gasteiger partial charge in [0.1, 0.15) is 11.5 Å². The lowest BCUT2D eigenvalue weighted by Crippen LogP contribution is -2.25. The molecule has 3 N–H and O–H groups in total. The summed E-state index contributed by atoms with van der Waals surface area (Å²) in [4.78, 5) is 15.7. The molecule has 0 aliphatic carbocycles. The van der Waals surface area contributed by atoms with E-state index in [4.69, 9.17) is 15.2 Å². The molecule has 1 heterocycles. The van der Waals surface area contributed by atoms with Crippen LogP contribution in [-0.2, 0) is 11.3 Å². The molecule has 1 aromatic heterocycles. The lowest BCUT2D eigenvalue weighted by molar-refractivity contribution is -0.121. The Morgan fingerprint density at radius 1 is 1.26 bits per heavy atom. The van der Waals surface area contributed by atoms with E-state index in [0.717, 1.165) is 5.56 Å². The van der Waals surface area contributed by atoms with E-state index in [1.807, 2.05) is 24.3 Å². The molecule has 0 unspecified atom stereocenters. The first-order chi connectivity index (χ1) is 10.7. The largest absolute Gasteiger partial charge is 0.497 e. The molecule has 0 fully saturated rings. The first kappa shape index (κ1) is 18.7. The van der Waals surface area contributed by atoms with Crippen molar-refractivity contribution in [1.29, 1.82) is 0 Å². The molecule has 0 spiro atoms. The third-order valence-electron chi connectivity index (χ3n) is 2.95. The number of amides is 1. The minimum atomic E-state index is -0.0984. The Hall–Kier alpha value is -2.31. The van der Waals surface area contributed by atoms with Crippen LogP contribution < -0.4 is 20.5 Å². The van der Waals surface area contributed by atoms with Gasteiger partial charge in [0.05, 0.1) is 7.11 Å². The first-order valence-electron chi connectivity index (χ1n) is 6.95. The van der Waals surface area contributed by atoms with Gasteiger partial charge in [-0.05, 0) is 18.2 Å². The van der Waals surface area contributed by atoms with E-state index in [1.165, 1.54) is 0 Å². The smallest absolute Gasteiger partial charge is 0.224 e. The van der Waals surface area contributed by atoms with Crippen LogP contribution in [0.3, 0.4) is 0 Å². The predicted octanol–water partition coefficient (Wildman–Crippen LogP) is 2.27. The maximum absolute atomic E-state index is 11.5. The number of nitrogens with one attached hydrogen (secondary N) is 1. The van der Waals surface area contributed by atoms with Gasteiger partial charge in [-0.2, -0.15) is 0 Å². The number of carbonyl (C=O) groups excluding carboxylic acids is 1. The minimum absolute atomic E-state index is 0. The third kappa shape index (κ3) is 5.77. The van der Waals surface area contributed by atoms with Gasteiger partial charge in [-0.15, -0.1) is 12.4 Å². The zero-order valence-corrected chi connectivity index (χ0v) is 13.6. The van der Waals surface area contributed by atoms with Crippen LogP contribution in [0.1, 0.15) is 12.0 Å². The van der Waals surface area contributed by atoms with Crippen LogP contribution in [0.25, 0.3) is 0 Å². The van der Waals surface area contributed by atoms with E-state index in [2.05, 4.69) is 10.3 Å². The summed E-state index contributed by atoms with van der Waals surface area (Å²) in [7, 11) is 1.60. The Morgan fingerprint density at radius 3 is 2.78 bits per heavy atom. The van der Waals surface area contributed by atoms with E-state index in [0.29, 0.717) is 36.9 Å². The van der Waals surface area contributed by atoms with Crippen molar-refractivity contribution in [3.63, 3.8) is 0 Å². The van der Waals surface area contributed by atoms with E-state index in [-0.39, 0.29) is 18.3 Å². The lowest BCUT2D eigenvalue weighted by Gasteiger charge is -2.11. The topological polar surface area (TPSA) is 86.5 Å². The molecule has 6 nitrogen and oxygen atoms in total. The number of rotatable bonds is 7. The van der Waals surface area contributed by atoms with Gasteiger partial charge in [-0.25, -0.2) is 4.98 Å². The van der Waals surface area contributed by atoms with E-state index in [9.17, 15) is 4.79 Å². The molecular weight excluding hydrogens is 318 g/mol. The average Bonchev–Trinajstić information content (AvgIpc) is 2.54. The number of hydrogen-bond acceptors (Lipinski definition) is 5. The number of benzene rings is 1. The molecule has 1 aromatic carbocycles.